The Balaban J connectivity index is 1.55. The zero-order valence-electron chi connectivity index (χ0n) is 17.8. The number of halogens is 2. The lowest BCUT2D eigenvalue weighted by Crippen LogP contribution is -2.26. The monoisotopic (exact) mass is 475 g/mol. The molecular formula is C24H23F2NO5S. The van der Waals surface area contributed by atoms with Gasteiger partial charge in [0, 0.05) is 6.54 Å². The van der Waals surface area contributed by atoms with Crippen LogP contribution >= 0.6 is 0 Å². The quantitative estimate of drug-likeness (QED) is 0.456. The molecule has 2 N–H and O–H groups in total. The van der Waals surface area contributed by atoms with Crippen LogP contribution in [0.15, 0.2) is 65.6 Å². The average molecular weight is 476 g/mol. The summed E-state index contributed by atoms with van der Waals surface area (Å²) < 4.78 is 59.4. The highest BCUT2D eigenvalue weighted by atomic mass is 32.2. The molecule has 9 heteroatoms. The highest BCUT2D eigenvalue weighted by molar-refractivity contribution is 7.89. The van der Waals surface area contributed by atoms with Crippen molar-refractivity contribution >= 4 is 16.0 Å². The summed E-state index contributed by atoms with van der Waals surface area (Å²) in [5.74, 6) is -2.49. The number of nitrogens with one attached hydrogen (secondary N) is 1. The maximum absolute atomic E-state index is 13.3. The molecule has 6 nitrogen and oxygen atoms in total. The Morgan fingerprint density at radius 3 is 2.30 bits per heavy atom. The first-order valence-corrected chi connectivity index (χ1v) is 11.7. The van der Waals surface area contributed by atoms with E-state index in [0.29, 0.717) is 29.7 Å². The number of benzene rings is 3. The summed E-state index contributed by atoms with van der Waals surface area (Å²) in [7, 11) is -3.86. The molecule has 174 valence electrons. The Bertz CT molecular complexity index is 1240. The maximum atomic E-state index is 13.3. The summed E-state index contributed by atoms with van der Waals surface area (Å²) in [5, 5.41) is 9.30. The predicted octanol–water partition coefficient (Wildman–Crippen LogP) is 4.33. The molecule has 0 fully saturated rings. The lowest BCUT2D eigenvalue weighted by Gasteiger charge is -2.10. The van der Waals surface area contributed by atoms with Crippen LogP contribution in [0.1, 0.15) is 34.0 Å². The van der Waals surface area contributed by atoms with Crippen molar-refractivity contribution in [2.75, 3.05) is 6.54 Å². The molecule has 0 aliphatic rings. The van der Waals surface area contributed by atoms with Gasteiger partial charge in [0.25, 0.3) is 0 Å². The smallest absolute Gasteiger partial charge is 0.336 e. The van der Waals surface area contributed by atoms with Crippen LogP contribution in [0.2, 0.25) is 0 Å². The van der Waals surface area contributed by atoms with Gasteiger partial charge in [0.1, 0.15) is 12.4 Å². The molecule has 0 heterocycles. The Hall–Kier alpha value is -3.30. The third-order valence-electron chi connectivity index (χ3n) is 5.02. The standard InChI is InChI=1S/C24H23F2NO5S/c1-2-18-6-9-20(14-21(18)24(28)29)33(30,31)27-12-11-16-3-7-19(8-4-16)32-15-17-5-10-22(25)23(26)13-17/h3-10,13-14,27H,2,11-12,15H2,1H3,(H,28,29). The first kappa shape index (κ1) is 24.3. The number of hydrogen-bond donors (Lipinski definition) is 2. The van der Waals surface area contributed by atoms with Crippen molar-refractivity contribution in [3.05, 3.63) is 94.6 Å². The van der Waals surface area contributed by atoms with Crippen LogP contribution in [0.25, 0.3) is 0 Å². The van der Waals surface area contributed by atoms with Gasteiger partial charge < -0.3 is 9.84 Å². The number of aryl methyl sites for hydroxylation is 1. The number of hydrogen-bond acceptors (Lipinski definition) is 4. The van der Waals surface area contributed by atoms with Crippen molar-refractivity contribution in [1.29, 1.82) is 0 Å². The summed E-state index contributed by atoms with van der Waals surface area (Å²) in [6.45, 7) is 1.99. The number of sulfonamides is 1. The third kappa shape index (κ3) is 6.36. The first-order chi connectivity index (χ1) is 15.7. The van der Waals surface area contributed by atoms with Gasteiger partial charge in [0.05, 0.1) is 10.5 Å². The predicted molar refractivity (Wildman–Crippen MR) is 119 cm³/mol. The molecule has 0 spiro atoms. The zero-order chi connectivity index (χ0) is 24.0. The van der Waals surface area contributed by atoms with E-state index in [1.165, 1.54) is 24.3 Å². The molecule has 0 aliphatic heterocycles. The highest BCUT2D eigenvalue weighted by Crippen LogP contribution is 2.18. The second kappa shape index (κ2) is 10.5. The van der Waals surface area contributed by atoms with Gasteiger partial charge in [0.2, 0.25) is 10.0 Å². The molecule has 0 saturated carbocycles. The Kier molecular flexibility index (Phi) is 7.78. The van der Waals surface area contributed by atoms with Crippen molar-refractivity contribution in [1.82, 2.24) is 4.72 Å². The molecule has 3 aromatic rings. The van der Waals surface area contributed by atoms with E-state index in [-0.39, 0.29) is 23.6 Å². The third-order valence-corrected chi connectivity index (χ3v) is 6.48. The van der Waals surface area contributed by atoms with Gasteiger partial charge >= 0.3 is 5.97 Å². The fraction of sp³-hybridized carbons (Fsp3) is 0.208. The first-order valence-electron chi connectivity index (χ1n) is 10.2. The lowest BCUT2D eigenvalue weighted by atomic mass is 10.1. The second-order valence-electron chi connectivity index (χ2n) is 7.31. The second-order valence-corrected chi connectivity index (χ2v) is 9.07. The average Bonchev–Trinajstić information content (AvgIpc) is 2.80. The van der Waals surface area contributed by atoms with Crippen LogP contribution in [-0.4, -0.2) is 26.0 Å². The minimum absolute atomic E-state index is 0.0284. The number of rotatable bonds is 10. The molecule has 0 amide bonds. The molecule has 0 bridgehead atoms. The molecule has 0 atom stereocenters. The summed E-state index contributed by atoms with van der Waals surface area (Å²) in [6, 6.07) is 14.6. The number of ether oxygens (including phenoxy) is 1. The van der Waals surface area contributed by atoms with Gasteiger partial charge in [-0.1, -0.05) is 31.2 Å². The molecule has 3 aromatic carbocycles. The van der Waals surface area contributed by atoms with Gasteiger partial charge in [0.15, 0.2) is 11.6 Å². The van der Waals surface area contributed by atoms with Gasteiger partial charge in [-0.15, -0.1) is 0 Å². The molecule has 3 rings (SSSR count). The largest absolute Gasteiger partial charge is 0.489 e. The lowest BCUT2D eigenvalue weighted by molar-refractivity contribution is 0.0695. The highest BCUT2D eigenvalue weighted by Gasteiger charge is 2.18. The van der Waals surface area contributed by atoms with Crippen molar-refractivity contribution in [2.24, 2.45) is 0 Å². The number of carboxylic acids is 1. The van der Waals surface area contributed by atoms with Crippen LogP contribution in [0.5, 0.6) is 5.75 Å². The summed E-state index contributed by atoms with van der Waals surface area (Å²) in [6.07, 6.45) is 0.886. The van der Waals surface area contributed by atoms with E-state index in [1.807, 2.05) is 0 Å². The van der Waals surface area contributed by atoms with E-state index >= 15 is 0 Å². The van der Waals surface area contributed by atoms with E-state index in [1.54, 1.807) is 31.2 Å². The van der Waals surface area contributed by atoms with Gasteiger partial charge in [-0.2, -0.15) is 0 Å². The maximum Gasteiger partial charge on any atom is 0.336 e. The fourth-order valence-electron chi connectivity index (χ4n) is 3.19. The Morgan fingerprint density at radius 1 is 0.970 bits per heavy atom. The van der Waals surface area contributed by atoms with Crippen LogP contribution in [0.4, 0.5) is 8.78 Å². The zero-order valence-corrected chi connectivity index (χ0v) is 18.7. The Morgan fingerprint density at radius 2 is 1.67 bits per heavy atom. The van der Waals surface area contributed by atoms with E-state index in [0.717, 1.165) is 17.7 Å². The van der Waals surface area contributed by atoms with E-state index in [4.69, 9.17) is 4.74 Å². The SMILES string of the molecule is CCc1ccc(S(=O)(=O)NCCc2ccc(OCc3ccc(F)c(F)c3)cc2)cc1C(=O)O. The number of aromatic carboxylic acids is 1. The van der Waals surface area contributed by atoms with Gasteiger partial charge in [-0.3, -0.25) is 0 Å². The molecule has 0 saturated heterocycles. The number of carbonyl (C=O) groups is 1. The molecule has 0 aliphatic carbocycles. The van der Waals surface area contributed by atoms with E-state index in [2.05, 4.69) is 4.72 Å². The van der Waals surface area contributed by atoms with Gasteiger partial charge in [-0.05, 0) is 65.9 Å². The van der Waals surface area contributed by atoms with Crippen molar-refractivity contribution in [2.45, 2.75) is 31.3 Å². The summed E-state index contributed by atoms with van der Waals surface area (Å²) in [4.78, 5) is 11.3. The topological polar surface area (TPSA) is 92.7 Å². The molecule has 0 aromatic heterocycles. The molecule has 0 radical (unpaired) electrons. The van der Waals surface area contributed by atoms with Crippen LogP contribution in [-0.2, 0) is 29.5 Å². The summed E-state index contributed by atoms with van der Waals surface area (Å²) >= 11 is 0. The van der Waals surface area contributed by atoms with Gasteiger partial charge in [-0.25, -0.2) is 26.7 Å². The minimum Gasteiger partial charge on any atom is -0.489 e. The van der Waals surface area contributed by atoms with E-state index in [9.17, 15) is 27.1 Å². The molecule has 33 heavy (non-hydrogen) atoms. The van der Waals surface area contributed by atoms with E-state index < -0.39 is 27.6 Å². The van der Waals surface area contributed by atoms with Crippen LogP contribution in [0.3, 0.4) is 0 Å². The minimum atomic E-state index is -3.86. The fourth-order valence-corrected chi connectivity index (χ4v) is 4.25. The Labute approximate surface area is 190 Å². The molecular weight excluding hydrogens is 452 g/mol. The molecule has 0 unspecified atom stereocenters. The van der Waals surface area contributed by atoms with Crippen molar-refractivity contribution < 1.29 is 31.8 Å². The van der Waals surface area contributed by atoms with Crippen LogP contribution in [0, 0.1) is 11.6 Å². The normalized spacial score (nSPS) is 11.4. The van der Waals surface area contributed by atoms with Crippen molar-refractivity contribution in [3.63, 3.8) is 0 Å². The van der Waals surface area contributed by atoms with Crippen LogP contribution < -0.4 is 9.46 Å². The van der Waals surface area contributed by atoms with Crippen molar-refractivity contribution in [3.8, 4) is 5.75 Å². The number of carboxylic acid groups (broad SMARTS) is 1. The summed E-state index contributed by atoms with van der Waals surface area (Å²) in [5.41, 5.74) is 1.88.